The molecule has 0 aromatic rings. The van der Waals surface area contributed by atoms with Crippen LogP contribution in [0.1, 0.15) is 6.42 Å². The third-order valence-corrected chi connectivity index (χ3v) is 1.47. The third kappa shape index (κ3) is 2.11. The van der Waals surface area contributed by atoms with Gasteiger partial charge in [-0.15, -0.1) is 0 Å². The molecule has 1 aliphatic rings. The maximum Gasteiger partial charge on any atom is 0.130 e. The molecule has 57 valence electrons. The zero-order valence-corrected chi connectivity index (χ0v) is 6.49. The maximum absolute atomic E-state index is 8.46. The molecular formula is C10H7N2. The fourth-order valence-electron chi connectivity index (χ4n) is 0.893. The summed E-state index contributed by atoms with van der Waals surface area (Å²) in [5.74, 6) is 0. The Hall–Kier alpha value is -1.80. The van der Waals surface area contributed by atoms with Crippen molar-refractivity contribution in [3.63, 3.8) is 0 Å². The van der Waals surface area contributed by atoms with Crippen molar-refractivity contribution in [3.8, 4) is 12.1 Å². The van der Waals surface area contributed by atoms with Gasteiger partial charge in [0.15, 0.2) is 0 Å². The van der Waals surface area contributed by atoms with E-state index in [-0.39, 0.29) is 5.57 Å². The molecule has 0 aromatic heterocycles. The van der Waals surface area contributed by atoms with Crippen LogP contribution < -0.4 is 0 Å². The summed E-state index contributed by atoms with van der Waals surface area (Å²) in [5, 5.41) is 16.9. The van der Waals surface area contributed by atoms with Gasteiger partial charge in [0, 0.05) is 0 Å². The molecule has 0 saturated carbocycles. The molecular weight excluding hydrogens is 148 g/mol. The highest BCUT2D eigenvalue weighted by Crippen LogP contribution is 2.11. The highest BCUT2D eigenvalue weighted by molar-refractivity contribution is 5.46. The Kier molecular flexibility index (Phi) is 2.87. The first-order valence-electron chi connectivity index (χ1n) is 3.59. The lowest BCUT2D eigenvalue weighted by Gasteiger charge is -1.99. The molecule has 1 aliphatic carbocycles. The molecule has 0 spiro atoms. The van der Waals surface area contributed by atoms with Crippen molar-refractivity contribution < 1.29 is 0 Å². The first-order valence-corrected chi connectivity index (χ1v) is 3.59. The van der Waals surface area contributed by atoms with Gasteiger partial charge in [0.2, 0.25) is 0 Å². The van der Waals surface area contributed by atoms with Crippen LogP contribution in [-0.2, 0) is 0 Å². The SMILES string of the molecule is N#CC(C#N)=CC1=CC[CH]C=C1. The molecule has 0 aliphatic heterocycles. The van der Waals surface area contributed by atoms with Gasteiger partial charge in [0.25, 0.3) is 0 Å². The van der Waals surface area contributed by atoms with Crippen molar-refractivity contribution in [3.05, 3.63) is 41.9 Å². The van der Waals surface area contributed by atoms with Crippen molar-refractivity contribution >= 4 is 0 Å². The van der Waals surface area contributed by atoms with E-state index in [1.807, 2.05) is 36.8 Å². The molecule has 0 saturated heterocycles. The van der Waals surface area contributed by atoms with Crippen LogP contribution in [0.15, 0.2) is 35.5 Å². The Morgan fingerprint density at radius 3 is 2.67 bits per heavy atom. The minimum Gasteiger partial charge on any atom is -0.192 e. The summed E-state index contributed by atoms with van der Waals surface area (Å²) in [6, 6.07) is 3.63. The van der Waals surface area contributed by atoms with Crippen LogP contribution in [0.2, 0.25) is 0 Å². The van der Waals surface area contributed by atoms with Gasteiger partial charge in [-0.25, -0.2) is 0 Å². The molecule has 0 unspecified atom stereocenters. The second-order valence-corrected chi connectivity index (χ2v) is 2.32. The van der Waals surface area contributed by atoms with Gasteiger partial charge in [0.05, 0.1) is 0 Å². The number of allylic oxidation sites excluding steroid dienone is 6. The fraction of sp³-hybridized carbons (Fsp3) is 0.100. The van der Waals surface area contributed by atoms with Crippen LogP contribution in [-0.4, -0.2) is 0 Å². The second kappa shape index (κ2) is 4.16. The first kappa shape index (κ1) is 8.30. The zero-order chi connectivity index (χ0) is 8.81. The molecule has 0 bridgehead atoms. The number of nitrogens with zero attached hydrogens (tertiary/aromatic N) is 2. The molecule has 2 heteroatoms. The van der Waals surface area contributed by atoms with Crippen molar-refractivity contribution in [1.29, 1.82) is 10.5 Å². The average molecular weight is 155 g/mol. The van der Waals surface area contributed by atoms with E-state index in [4.69, 9.17) is 10.5 Å². The summed E-state index contributed by atoms with van der Waals surface area (Å²) in [6.45, 7) is 0. The largest absolute Gasteiger partial charge is 0.192 e. The van der Waals surface area contributed by atoms with Crippen LogP contribution in [0.3, 0.4) is 0 Å². The lowest BCUT2D eigenvalue weighted by molar-refractivity contribution is 1.24. The predicted octanol–water partition coefficient (Wildman–Crippen LogP) is 2.05. The standard InChI is InChI=1S/C10H7N2/c11-7-10(8-12)6-9-4-2-1-3-5-9/h1-2,4-6H,3H2. The lowest BCUT2D eigenvalue weighted by Crippen LogP contribution is -1.83. The molecule has 1 rings (SSSR count). The predicted molar refractivity (Wildman–Crippen MR) is 45.4 cm³/mol. The highest BCUT2D eigenvalue weighted by Gasteiger charge is 1.96. The summed E-state index contributed by atoms with van der Waals surface area (Å²) < 4.78 is 0. The van der Waals surface area contributed by atoms with Crippen LogP contribution >= 0.6 is 0 Å². The summed E-state index contributed by atoms with van der Waals surface area (Å²) in [4.78, 5) is 0. The van der Waals surface area contributed by atoms with E-state index >= 15 is 0 Å². The van der Waals surface area contributed by atoms with E-state index in [2.05, 4.69) is 0 Å². The number of hydrogen-bond donors (Lipinski definition) is 0. The van der Waals surface area contributed by atoms with E-state index in [1.165, 1.54) is 0 Å². The Bertz CT molecular complexity index is 316. The molecule has 12 heavy (non-hydrogen) atoms. The first-order chi connectivity index (χ1) is 5.86. The summed E-state index contributed by atoms with van der Waals surface area (Å²) in [5.41, 5.74) is 1.07. The average Bonchev–Trinajstić information content (AvgIpc) is 2.16. The molecule has 2 nitrogen and oxygen atoms in total. The van der Waals surface area contributed by atoms with Crippen molar-refractivity contribution in [2.24, 2.45) is 0 Å². The monoisotopic (exact) mass is 155 g/mol. The Morgan fingerprint density at radius 2 is 2.17 bits per heavy atom. The van der Waals surface area contributed by atoms with Crippen molar-refractivity contribution in [2.75, 3.05) is 0 Å². The minimum absolute atomic E-state index is 0.146. The topological polar surface area (TPSA) is 47.6 Å². The number of nitriles is 2. The highest BCUT2D eigenvalue weighted by atomic mass is 14.3. The summed E-state index contributed by atoms with van der Waals surface area (Å²) >= 11 is 0. The van der Waals surface area contributed by atoms with Crippen LogP contribution in [0.5, 0.6) is 0 Å². The number of hydrogen-bond acceptors (Lipinski definition) is 2. The van der Waals surface area contributed by atoms with Crippen molar-refractivity contribution in [2.45, 2.75) is 6.42 Å². The van der Waals surface area contributed by atoms with E-state index in [0.717, 1.165) is 12.0 Å². The van der Waals surface area contributed by atoms with Gasteiger partial charge < -0.3 is 0 Å². The molecule has 0 heterocycles. The van der Waals surface area contributed by atoms with E-state index in [9.17, 15) is 0 Å². The lowest BCUT2D eigenvalue weighted by atomic mass is 10.1. The summed E-state index contributed by atoms with van der Waals surface area (Å²) in [6.07, 6.45) is 10.2. The molecule has 0 N–H and O–H groups in total. The zero-order valence-electron chi connectivity index (χ0n) is 6.49. The van der Waals surface area contributed by atoms with E-state index in [0.29, 0.717) is 0 Å². The smallest absolute Gasteiger partial charge is 0.130 e. The van der Waals surface area contributed by atoms with E-state index < -0.39 is 0 Å². The van der Waals surface area contributed by atoms with Gasteiger partial charge in [-0.3, -0.25) is 0 Å². The molecule has 0 fully saturated rings. The normalized spacial score (nSPS) is 14.0. The van der Waals surface area contributed by atoms with Gasteiger partial charge in [0.1, 0.15) is 17.7 Å². The Labute approximate surface area is 71.7 Å². The Balaban J connectivity index is 2.81. The third-order valence-electron chi connectivity index (χ3n) is 1.47. The number of rotatable bonds is 1. The molecule has 1 radical (unpaired) electrons. The minimum atomic E-state index is 0.146. The van der Waals surface area contributed by atoms with Gasteiger partial charge in [-0.05, 0) is 24.5 Å². The maximum atomic E-state index is 8.46. The molecule has 0 aromatic carbocycles. The molecule has 0 amide bonds. The summed E-state index contributed by atoms with van der Waals surface area (Å²) in [7, 11) is 0. The quantitative estimate of drug-likeness (QED) is 0.544. The van der Waals surface area contributed by atoms with Crippen molar-refractivity contribution in [1.82, 2.24) is 0 Å². The van der Waals surface area contributed by atoms with Crippen LogP contribution in [0.25, 0.3) is 0 Å². The van der Waals surface area contributed by atoms with Gasteiger partial charge in [-0.1, -0.05) is 18.2 Å². The van der Waals surface area contributed by atoms with E-state index in [1.54, 1.807) is 6.08 Å². The Morgan fingerprint density at radius 1 is 1.42 bits per heavy atom. The van der Waals surface area contributed by atoms with Crippen LogP contribution in [0, 0.1) is 29.1 Å². The second-order valence-electron chi connectivity index (χ2n) is 2.32. The molecule has 0 atom stereocenters. The fourth-order valence-corrected chi connectivity index (χ4v) is 0.893. The van der Waals surface area contributed by atoms with Gasteiger partial charge >= 0.3 is 0 Å². The van der Waals surface area contributed by atoms with Gasteiger partial charge in [-0.2, -0.15) is 10.5 Å². The van der Waals surface area contributed by atoms with Crippen LogP contribution in [0.4, 0.5) is 0 Å².